The van der Waals surface area contributed by atoms with Gasteiger partial charge in [0.2, 0.25) is 21.8 Å². The highest BCUT2D eigenvalue weighted by Gasteiger charge is 2.32. The van der Waals surface area contributed by atoms with Crippen molar-refractivity contribution >= 4 is 39.1 Å². The van der Waals surface area contributed by atoms with Crippen LogP contribution in [0.5, 0.6) is 0 Å². The molecule has 1 aliphatic rings. The van der Waals surface area contributed by atoms with Crippen LogP contribution in [-0.4, -0.2) is 50.0 Å². The first-order valence-corrected chi connectivity index (χ1v) is 13.8. The zero-order valence-electron chi connectivity index (χ0n) is 19.6. The minimum atomic E-state index is -3.76. The Kier molecular flexibility index (Phi) is 8.97. The number of hydrogen-bond acceptors (Lipinski definition) is 4. The monoisotopic (exact) mass is 505 g/mol. The topological polar surface area (TPSA) is 86.8 Å². The van der Waals surface area contributed by atoms with E-state index in [0.29, 0.717) is 17.1 Å². The van der Waals surface area contributed by atoms with E-state index in [9.17, 15) is 18.0 Å². The van der Waals surface area contributed by atoms with Gasteiger partial charge in [-0.05, 0) is 49.1 Å². The summed E-state index contributed by atoms with van der Waals surface area (Å²) in [5.41, 5.74) is 1.20. The molecule has 9 heteroatoms. The van der Waals surface area contributed by atoms with Crippen molar-refractivity contribution in [2.45, 2.75) is 57.7 Å². The third kappa shape index (κ3) is 6.96. The van der Waals surface area contributed by atoms with Crippen LogP contribution >= 0.6 is 11.6 Å². The van der Waals surface area contributed by atoms with Gasteiger partial charge in [0, 0.05) is 17.6 Å². The molecule has 184 valence electrons. The van der Waals surface area contributed by atoms with Crippen molar-refractivity contribution < 1.29 is 18.0 Å². The maximum absolute atomic E-state index is 13.6. The van der Waals surface area contributed by atoms with Crippen LogP contribution in [0.3, 0.4) is 0 Å². The van der Waals surface area contributed by atoms with Crippen LogP contribution in [-0.2, 0) is 26.2 Å². The SMILES string of the molecule is CCC(C(=O)NC1CCCC1)N(Cc1ccccc1)C(=O)CN(c1ccc(Cl)cc1)S(C)(=O)=O. The number of carbonyl (C=O) groups excluding carboxylic acids is 2. The van der Waals surface area contributed by atoms with Crippen molar-refractivity contribution in [3.63, 3.8) is 0 Å². The molecule has 1 atom stereocenters. The van der Waals surface area contributed by atoms with Crippen LogP contribution in [0.4, 0.5) is 5.69 Å². The molecule has 34 heavy (non-hydrogen) atoms. The second-order valence-corrected chi connectivity index (χ2v) is 11.0. The fraction of sp³-hybridized carbons (Fsp3) is 0.440. The Bertz CT molecular complexity index is 1070. The van der Waals surface area contributed by atoms with Gasteiger partial charge in [0.1, 0.15) is 12.6 Å². The number of sulfonamides is 1. The molecule has 2 amide bonds. The van der Waals surface area contributed by atoms with Crippen LogP contribution in [0.25, 0.3) is 0 Å². The highest BCUT2D eigenvalue weighted by molar-refractivity contribution is 7.92. The molecule has 7 nitrogen and oxygen atoms in total. The van der Waals surface area contributed by atoms with Crippen LogP contribution in [0.1, 0.15) is 44.6 Å². The summed E-state index contributed by atoms with van der Waals surface area (Å²) in [4.78, 5) is 28.3. The maximum Gasteiger partial charge on any atom is 0.244 e. The fourth-order valence-electron chi connectivity index (χ4n) is 4.29. The Morgan fingerprint density at radius 2 is 1.68 bits per heavy atom. The first kappa shape index (κ1) is 26.0. The number of halogens is 1. The van der Waals surface area contributed by atoms with Gasteiger partial charge in [-0.15, -0.1) is 0 Å². The van der Waals surface area contributed by atoms with E-state index < -0.39 is 28.5 Å². The summed E-state index contributed by atoms with van der Waals surface area (Å²) in [6.45, 7) is 1.65. The lowest BCUT2D eigenvalue weighted by atomic mass is 10.1. The van der Waals surface area contributed by atoms with Gasteiger partial charge in [-0.25, -0.2) is 8.42 Å². The number of hydrogen-bond donors (Lipinski definition) is 1. The lowest BCUT2D eigenvalue weighted by Crippen LogP contribution is -2.53. The summed E-state index contributed by atoms with van der Waals surface area (Å²) in [7, 11) is -3.76. The molecule has 0 saturated heterocycles. The molecule has 0 aliphatic heterocycles. The summed E-state index contributed by atoms with van der Waals surface area (Å²) in [5, 5.41) is 3.56. The van der Waals surface area contributed by atoms with E-state index in [1.807, 2.05) is 37.3 Å². The molecule has 0 spiro atoms. The summed E-state index contributed by atoms with van der Waals surface area (Å²) >= 11 is 5.95. The zero-order valence-corrected chi connectivity index (χ0v) is 21.2. The third-order valence-corrected chi connectivity index (χ3v) is 7.47. The summed E-state index contributed by atoms with van der Waals surface area (Å²) in [6, 6.07) is 15.1. The average molecular weight is 506 g/mol. The minimum absolute atomic E-state index is 0.122. The molecule has 2 aromatic carbocycles. The number of amides is 2. The van der Waals surface area contributed by atoms with E-state index >= 15 is 0 Å². The summed E-state index contributed by atoms with van der Waals surface area (Å²) < 4.78 is 26.2. The standard InChI is InChI=1S/C25H32ClN3O4S/c1-3-23(25(31)27-21-11-7-8-12-21)28(17-19-9-5-4-6-10-19)24(30)18-29(34(2,32)33)22-15-13-20(26)14-16-22/h4-6,9-10,13-16,21,23H,3,7-8,11-12,17-18H2,1-2H3,(H,27,31). The van der Waals surface area contributed by atoms with Gasteiger partial charge in [0.25, 0.3) is 0 Å². The molecular formula is C25H32ClN3O4S. The van der Waals surface area contributed by atoms with Crippen LogP contribution in [0, 0.1) is 0 Å². The normalized spacial score (nSPS) is 15.0. The second kappa shape index (κ2) is 11.7. The van der Waals surface area contributed by atoms with Gasteiger partial charge in [0.15, 0.2) is 0 Å². The maximum atomic E-state index is 13.6. The molecule has 1 fully saturated rings. The van der Waals surface area contributed by atoms with Crippen molar-refractivity contribution in [1.29, 1.82) is 0 Å². The summed E-state index contributed by atoms with van der Waals surface area (Å²) in [6.07, 6.45) is 5.51. The van der Waals surface area contributed by atoms with Crippen molar-refractivity contribution in [2.24, 2.45) is 0 Å². The highest BCUT2D eigenvalue weighted by atomic mass is 35.5. The zero-order chi connectivity index (χ0) is 24.7. The Balaban J connectivity index is 1.89. The van der Waals surface area contributed by atoms with E-state index in [0.717, 1.165) is 41.8 Å². The molecule has 1 saturated carbocycles. The number of benzene rings is 2. The predicted octanol–water partition coefficient (Wildman–Crippen LogP) is 3.97. The van der Waals surface area contributed by atoms with Crippen LogP contribution in [0.15, 0.2) is 54.6 Å². The number of anilines is 1. The Morgan fingerprint density at radius 1 is 1.06 bits per heavy atom. The van der Waals surface area contributed by atoms with Gasteiger partial charge in [-0.2, -0.15) is 0 Å². The molecule has 2 aromatic rings. The fourth-order valence-corrected chi connectivity index (χ4v) is 5.26. The van der Waals surface area contributed by atoms with Crippen molar-refractivity contribution in [1.82, 2.24) is 10.2 Å². The number of nitrogens with one attached hydrogen (secondary N) is 1. The highest BCUT2D eigenvalue weighted by Crippen LogP contribution is 2.22. The number of nitrogens with zero attached hydrogens (tertiary/aromatic N) is 2. The van der Waals surface area contributed by atoms with E-state index in [-0.39, 0.29) is 18.5 Å². The Labute approximate surface area is 207 Å². The van der Waals surface area contributed by atoms with Crippen molar-refractivity contribution in [2.75, 3.05) is 17.1 Å². The van der Waals surface area contributed by atoms with Crippen molar-refractivity contribution in [3.8, 4) is 0 Å². The molecule has 0 bridgehead atoms. The molecule has 0 aromatic heterocycles. The molecule has 0 heterocycles. The quantitative estimate of drug-likeness (QED) is 0.529. The smallest absolute Gasteiger partial charge is 0.244 e. The molecular weight excluding hydrogens is 474 g/mol. The largest absolute Gasteiger partial charge is 0.352 e. The molecule has 1 aliphatic carbocycles. The van der Waals surface area contributed by atoms with Crippen LogP contribution < -0.4 is 9.62 Å². The molecule has 1 unspecified atom stereocenters. The van der Waals surface area contributed by atoms with E-state index in [1.54, 1.807) is 24.3 Å². The lowest BCUT2D eigenvalue weighted by molar-refractivity contribution is -0.140. The third-order valence-electron chi connectivity index (χ3n) is 6.08. The van der Waals surface area contributed by atoms with Gasteiger partial charge in [-0.1, -0.05) is 61.7 Å². The lowest BCUT2D eigenvalue weighted by Gasteiger charge is -2.33. The van der Waals surface area contributed by atoms with E-state index in [4.69, 9.17) is 11.6 Å². The summed E-state index contributed by atoms with van der Waals surface area (Å²) in [5.74, 6) is -0.645. The second-order valence-electron chi connectivity index (χ2n) is 8.67. The first-order valence-electron chi connectivity index (χ1n) is 11.6. The minimum Gasteiger partial charge on any atom is -0.352 e. The Hall–Kier alpha value is -2.58. The Morgan fingerprint density at radius 3 is 2.24 bits per heavy atom. The number of carbonyl (C=O) groups is 2. The van der Waals surface area contributed by atoms with E-state index in [2.05, 4.69) is 5.32 Å². The van der Waals surface area contributed by atoms with Gasteiger partial charge in [0.05, 0.1) is 11.9 Å². The molecule has 0 radical (unpaired) electrons. The average Bonchev–Trinajstić information content (AvgIpc) is 3.31. The van der Waals surface area contributed by atoms with Crippen LogP contribution in [0.2, 0.25) is 5.02 Å². The van der Waals surface area contributed by atoms with Gasteiger partial charge >= 0.3 is 0 Å². The number of rotatable bonds is 10. The van der Waals surface area contributed by atoms with E-state index in [1.165, 1.54) is 4.90 Å². The molecule has 1 N–H and O–H groups in total. The van der Waals surface area contributed by atoms with Crippen molar-refractivity contribution in [3.05, 3.63) is 65.2 Å². The predicted molar refractivity (Wildman–Crippen MR) is 135 cm³/mol. The first-order chi connectivity index (χ1) is 16.2. The van der Waals surface area contributed by atoms with Gasteiger partial charge < -0.3 is 10.2 Å². The van der Waals surface area contributed by atoms with Gasteiger partial charge in [-0.3, -0.25) is 13.9 Å². The molecule has 3 rings (SSSR count).